The molecule has 3 heteroatoms. The summed E-state index contributed by atoms with van der Waals surface area (Å²) in [5.74, 6) is -0.377. The van der Waals surface area contributed by atoms with Gasteiger partial charge in [0.2, 0.25) is 5.91 Å². The van der Waals surface area contributed by atoms with E-state index in [4.69, 9.17) is 0 Å². The second-order valence-corrected chi connectivity index (χ2v) is 2.97. The SMILES string of the molecule is CC(=O)N(C)/C=C/c1ccccc1F. The van der Waals surface area contributed by atoms with E-state index in [0.717, 1.165) is 0 Å². The lowest BCUT2D eigenvalue weighted by atomic mass is 10.2. The lowest BCUT2D eigenvalue weighted by Gasteiger charge is -2.07. The van der Waals surface area contributed by atoms with Crippen LogP contribution in [0.25, 0.3) is 6.08 Å². The Morgan fingerprint density at radius 2 is 2.07 bits per heavy atom. The molecule has 0 aliphatic heterocycles. The van der Waals surface area contributed by atoms with Gasteiger partial charge in [-0.3, -0.25) is 4.79 Å². The van der Waals surface area contributed by atoms with E-state index in [1.807, 2.05) is 0 Å². The van der Waals surface area contributed by atoms with Crippen molar-refractivity contribution in [3.8, 4) is 0 Å². The van der Waals surface area contributed by atoms with Crippen LogP contribution in [0.15, 0.2) is 30.5 Å². The largest absolute Gasteiger partial charge is 0.322 e. The zero-order chi connectivity index (χ0) is 10.6. The summed E-state index contributed by atoms with van der Waals surface area (Å²) in [4.78, 5) is 12.2. The predicted octanol–water partition coefficient (Wildman–Crippen LogP) is 2.27. The zero-order valence-corrected chi connectivity index (χ0v) is 8.20. The van der Waals surface area contributed by atoms with Gasteiger partial charge in [-0.05, 0) is 12.1 Å². The summed E-state index contributed by atoms with van der Waals surface area (Å²) < 4.78 is 13.1. The Morgan fingerprint density at radius 1 is 1.43 bits per heavy atom. The molecular formula is C11H12FNO. The van der Waals surface area contributed by atoms with Gasteiger partial charge < -0.3 is 4.90 Å². The van der Waals surface area contributed by atoms with E-state index in [9.17, 15) is 9.18 Å². The van der Waals surface area contributed by atoms with Crippen molar-refractivity contribution in [3.63, 3.8) is 0 Å². The molecule has 0 aliphatic rings. The van der Waals surface area contributed by atoms with E-state index < -0.39 is 0 Å². The highest BCUT2D eigenvalue weighted by atomic mass is 19.1. The molecule has 1 amide bonds. The highest BCUT2D eigenvalue weighted by Crippen LogP contribution is 2.08. The molecular weight excluding hydrogens is 181 g/mol. The second-order valence-electron chi connectivity index (χ2n) is 2.97. The first kappa shape index (κ1) is 10.4. The van der Waals surface area contributed by atoms with E-state index in [1.165, 1.54) is 17.9 Å². The van der Waals surface area contributed by atoms with Crippen LogP contribution in [0.2, 0.25) is 0 Å². The van der Waals surface area contributed by atoms with Crippen LogP contribution in [-0.2, 0) is 4.79 Å². The number of amides is 1. The summed E-state index contributed by atoms with van der Waals surface area (Å²) >= 11 is 0. The van der Waals surface area contributed by atoms with Crippen molar-refractivity contribution < 1.29 is 9.18 Å². The minimum atomic E-state index is -0.291. The van der Waals surface area contributed by atoms with Crippen molar-refractivity contribution in [2.24, 2.45) is 0 Å². The molecule has 0 saturated heterocycles. The van der Waals surface area contributed by atoms with Crippen molar-refractivity contribution in [3.05, 3.63) is 41.8 Å². The molecule has 1 aromatic carbocycles. The van der Waals surface area contributed by atoms with Crippen molar-refractivity contribution in [2.45, 2.75) is 6.92 Å². The molecule has 1 rings (SSSR count). The Kier molecular flexibility index (Phi) is 3.40. The Balaban J connectivity index is 2.78. The molecule has 2 nitrogen and oxygen atoms in total. The Bertz CT molecular complexity index is 360. The number of rotatable bonds is 2. The summed E-state index contributed by atoms with van der Waals surface area (Å²) in [6.07, 6.45) is 3.11. The molecule has 0 aromatic heterocycles. The molecule has 0 heterocycles. The van der Waals surface area contributed by atoms with Crippen molar-refractivity contribution >= 4 is 12.0 Å². The molecule has 0 bridgehead atoms. The first-order valence-corrected chi connectivity index (χ1v) is 4.27. The highest BCUT2D eigenvalue weighted by molar-refractivity contribution is 5.75. The van der Waals surface area contributed by atoms with Crippen LogP contribution in [0.3, 0.4) is 0 Å². The van der Waals surface area contributed by atoms with Crippen LogP contribution >= 0.6 is 0 Å². The highest BCUT2D eigenvalue weighted by Gasteiger charge is 1.98. The maximum Gasteiger partial charge on any atom is 0.223 e. The first-order chi connectivity index (χ1) is 6.61. The number of halogens is 1. The molecule has 74 valence electrons. The quantitative estimate of drug-likeness (QED) is 0.705. The van der Waals surface area contributed by atoms with E-state index in [1.54, 1.807) is 37.5 Å². The third-order valence-corrected chi connectivity index (χ3v) is 1.88. The van der Waals surface area contributed by atoms with Gasteiger partial charge in [0, 0.05) is 25.7 Å². The maximum absolute atomic E-state index is 13.1. The summed E-state index contributed by atoms with van der Waals surface area (Å²) in [6, 6.07) is 6.41. The molecule has 0 spiro atoms. The summed E-state index contributed by atoms with van der Waals surface area (Å²) in [6.45, 7) is 1.45. The molecule has 0 atom stereocenters. The number of nitrogens with zero attached hydrogens (tertiary/aromatic N) is 1. The van der Waals surface area contributed by atoms with Gasteiger partial charge in [-0.2, -0.15) is 0 Å². The molecule has 14 heavy (non-hydrogen) atoms. The van der Waals surface area contributed by atoms with Crippen molar-refractivity contribution in [2.75, 3.05) is 7.05 Å². The summed E-state index contributed by atoms with van der Waals surface area (Å²) in [7, 11) is 1.62. The van der Waals surface area contributed by atoms with E-state index in [-0.39, 0.29) is 11.7 Å². The minimum Gasteiger partial charge on any atom is -0.322 e. The zero-order valence-electron chi connectivity index (χ0n) is 8.20. The van der Waals surface area contributed by atoms with Gasteiger partial charge in [-0.1, -0.05) is 18.2 Å². The van der Waals surface area contributed by atoms with Crippen LogP contribution in [0.4, 0.5) is 4.39 Å². The monoisotopic (exact) mass is 193 g/mol. The van der Waals surface area contributed by atoms with Gasteiger partial charge in [0.1, 0.15) is 5.82 Å². The van der Waals surface area contributed by atoms with Crippen LogP contribution < -0.4 is 0 Å². The second kappa shape index (κ2) is 4.56. The number of benzene rings is 1. The normalized spacial score (nSPS) is 10.5. The van der Waals surface area contributed by atoms with Gasteiger partial charge in [0.05, 0.1) is 0 Å². The Hall–Kier alpha value is -1.64. The van der Waals surface area contributed by atoms with Crippen molar-refractivity contribution in [1.29, 1.82) is 0 Å². The van der Waals surface area contributed by atoms with Gasteiger partial charge in [-0.15, -0.1) is 0 Å². The molecule has 0 unspecified atom stereocenters. The van der Waals surface area contributed by atoms with Gasteiger partial charge in [-0.25, -0.2) is 4.39 Å². The molecule has 0 N–H and O–H groups in total. The smallest absolute Gasteiger partial charge is 0.223 e. The Labute approximate surface area is 82.7 Å². The molecule has 0 saturated carbocycles. The number of carbonyl (C=O) groups is 1. The third kappa shape index (κ3) is 2.69. The lowest BCUT2D eigenvalue weighted by Crippen LogP contribution is -2.16. The number of carbonyl (C=O) groups excluding carboxylic acids is 1. The topological polar surface area (TPSA) is 20.3 Å². The van der Waals surface area contributed by atoms with Gasteiger partial charge in [0.15, 0.2) is 0 Å². The number of hydrogen-bond donors (Lipinski definition) is 0. The lowest BCUT2D eigenvalue weighted by molar-refractivity contribution is -0.125. The first-order valence-electron chi connectivity index (χ1n) is 4.27. The average molecular weight is 193 g/mol. The third-order valence-electron chi connectivity index (χ3n) is 1.88. The van der Waals surface area contributed by atoms with Crippen LogP contribution in [0.1, 0.15) is 12.5 Å². The molecule has 1 aromatic rings. The van der Waals surface area contributed by atoms with E-state index in [0.29, 0.717) is 5.56 Å². The summed E-state index contributed by atoms with van der Waals surface area (Å²) in [5.41, 5.74) is 0.473. The molecule has 0 fully saturated rings. The minimum absolute atomic E-state index is 0.0856. The fraction of sp³-hybridized carbons (Fsp3) is 0.182. The van der Waals surface area contributed by atoms with Crippen LogP contribution in [0, 0.1) is 5.82 Å². The average Bonchev–Trinajstić information content (AvgIpc) is 2.16. The van der Waals surface area contributed by atoms with E-state index in [2.05, 4.69) is 0 Å². The maximum atomic E-state index is 13.1. The molecule has 0 aliphatic carbocycles. The predicted molar refractivity (Wildman–Crippen MR) is 53.9 cm³/mol. The van der Waals surface area contributed by atoms with Crippen LogP contribution in [0.5, 0.6) is 0 Å². The fourth-order valence-electron chi connectivity index (χ4n) is 0.907. The van der Waals surface area contributed by atoms with Crippen molar-refractivity contribution in [1.82, 2.24) is 4.90 Å². The number of hydrogen-bond acceptors (Lipinski definition) is 1. The summed E-state index contributed by atoms with van der Waals surface area (Å²) in [5, 5.41) is 0. The van der Waals surface area contributed by atoms with Gasteiger partial charge in [0.25, 0.3) is 0 Å². The standard InChI is InChI=1S/C11H12FNO/c1-9(14)13(2)8-7-10-5-3-4-6-11(10)12/h3-8H,1-2H3/b8-7+. The van der Waals surface area contributed by atoms with Crippen LogP contribution in [-0.4, -0.2) is 17.9 Å². The Morgan fingerprint density at radius 3 is 2.64 bits per heavy atom. The van der Waals surface area contributed by atoms with E-state index >= 15 is 0 Å². The molecule has 0 radical (unpaired) electrons. The van der Waals surface area contributed by atoms with Gasteiger partial charge >= 0.3 is 0 Å². The fourth-order valence-corrected chi connectivity index (χ4v) is 0.907.